The average Bonchev–Trinajstić information content (AvgIpc) is 3.76. The van der Waals surface area contributed by atoms with E-state index in [2.05, 4.69) is 31.2 Å². The fourth-order valence-corrected chi connectivity index (χ4v) is 7.37. The molecule has 4 heterocycles. The van der Waals surface area contributed by atoms with Crippen molar-refractivity contribution in [2.75, 3.05) is 25.4 Å². The van der Waals surface area contributed by atoms with Gasteiger partial charge in [-0.2, -0.15) is 11.8 Å². The van der Waals surface area contributed by atoms with Gasteiger partial charge in [-0.1, -0.05) is 20.3 Å². The molecule has 5 N–H and O–H groups in total. The van der Waals surface area contributed by atoms with E-state index in [1.165, 1.54) is 9.13 Å². The second kappa shape index (κ2) is 15.3. The molecule has 248 valence electrons. The van der Waals surface area contributed by atoms with Crippen LogP contribution in [0.2, 0.25) is 0 Å². The van der Waals surface area contributed by atoms with Gasteiger partial charge in [0.1, 0.15) is 17.1 Å². The Morgan fingerprint density at radius 1 is 0.978 bits per heavy atom. The molecular formula is C31H42N8O6S. The second-order valence-corrected chi connectivity index (χ2v) is 12.8. The van der Waals surface area contributed by atoms with Crippen molar-refractivity contribution in [2.45, 2.75) is 82.8 Å². The van der Waals surface area contributed by atoms with E-state index < -0.39 is 0 Å². The van der Waals surface area contributed by atoms with E-state index in [0.717, 1.165) is 31.4 Å². The molecule has 5 rings (SSSR count). The molecule has 2 aliphatic rings. The first kappa shape index (κ1) is 33.1. The number of carbonyl (C=O) groups is 3. The first-order valence-electron chi connectivity index (χ1n) is 16.0. The third kappa shape index (κ3) is 7.74. The lowest BCUT2D eigenvalue weighted by Gasteiger charge is -2.16. The van der Waals surface area contributed by atoms with Gasteiger partial charge in [0.05, 0.1) is 12.1 Å². The number of benzene rings is 1. The molecule has 4 amide bonds. The molecule has 3 atom stereocenters. The van der Waals surface area contributed by atoms with Crippen LogP contribution >= 0.6 is 11.8 Å². The van der Waals surface area contributed by atoms with Crippen LogP contribution in [0.25, 0.3) is 22.6 Å². The highest BCUT2D eigenvalue weighted by Crippen LogP contribution is 2.33. The van der Waals surface area contributed by atoms with Crippen LogP contribution in [0.4, 0.5) is 4.79 Å². The number of urea groups is 1. The predicted octanol–water partition coefficient (Wildman–Crippen LogP) is 1.71. The number of thioether (sulfide) groups is 1. The second-order valence-electron chi connectivity index (χ2n) is 11.6. The summed E-state index contributed by atoms with van der Waals surface area (Å²) in [4.78, 5) is 69.5. The van der Waals surface area contributed by atoms with Crippen molar-refractivity contribution < 1.29 is 19.1 Å². The quantitative estimate of drug-likeness (QED) is 0.114. The lowest BCUT2D eigenvalue weighted by molar-refractivity contribution is -0.124. The fourth-order valence-electron chi connectivity index (χ4n) is 5.82. The van der Waals surface area contributed by atoms with Crippen LogP contribution in [0.1, 0.15) is 52.4 Å². The van der Waals surface area contributed by atoms with E-state index >= 15 is 0 Å². The van der Waals surface area contributed by atoms with Crippen LogP contribution in [0.5, 0.6) is 5.75 Å². The minimum absolute atomic E-state index is 0.0527. The summed E-state index contributed by atoms with van der Waals surface area (Å²) in [5.74, 6) is 1.50. The number of aromatic nitrogens is 4. The Bertz CT molecular complexity index is 1670. The summed E-state index contributed by atoms with van der Waals surface area (Å²) in [7, 11) is 0. The van der Waals surface area contributed by atoms with E-state index in [1.807, 2.05) is 25.6 Å². The zero-order valence-electron chi connectivity index (χ0n) is 26.2. The molecule has 0 aliphatic carbocycles. The van der Waals surface area contributed by atoms with Crippen LogP contribution in [-0.4, -0.2) is 79.7 Å². The van der Waals surface area contributed by atoms with Gasteiger partial charge in [-0.25, -0.2) is 14.6 Å². The SMILES string of the molecule is CCCn1c(=O)c2[nH]c(-c3ccc(OCC(=O)NCCNC(=O)CCCCC4SCC5NC(=O)NC54)cc3)nc2n(CCC)c1=O. The number of hydrogen-bond acceptors (Lipinski definition) is 8. The molecule has 3 unspecified atom stereocenters. The number of rotatable bonds is 16. The Balaban J connectivity index is 1.02. The molecule has 2 fully saturated rings. The number of nitrogens with zero attached hydrogens (tertiary/aromatic N) is 3. The Kier molecular flexibility index (Phi) is 11.0. The maximum absolute atomic E-state index is 13.0. The molecule has 0 radical (unpaired) electrons. The number of H-pyrrole nitrogens is 1. The van der Waals surface area contributed by atoms with E-state index in [-0.39, 0.29) is 54.3 Å². The summed E-state index contributed by atoms with van der Waals surface area (Å²) in [6.07, 6.45) is 4.46. The number of ether oxygens (including phenoxy) is 1. The van der Waals surface area contributed by atoms with Crippen molar-refractivity contribution in [3.05, 3.63) is 45.1 Å². The highest BCUT2D eigenvalue weighted by Gasteiger charge is 2.42. The number of carbonyl (C=O) groups excluding carboxylic acids is 3. The number of aryl methyl sites for hydroxylation is 1. The molecule has 0 bridgehead atoms. The van der Waals surface area contributed by atoms with Gasteiger partial charge < -0.3 is 31.0 Å². The maximum Gasteiger partial charge on any atom is 0.332 e. The van der Waals surface area contributed by atoms with Gasteiger partial charge in [-0.05, 0) is 49.9 Å². The largest absolute Gasteiger partial charge is 0.484 e. The van der Waals surface area contributed by atoms with Gasteiger partial charge >= 0.3 is 11.7 Å². The lowest BCUT2D eigenvalue weighted by atomic mass is 10.0. The number of hydrogen-bond donors (Lipinski definition) is 5. The van der Waals surface area contributed by atoms with Gasteiger partial charge in [0.2, 0.25) is 5.91 Å². The molecular weight excluding hydrogens is 612 g/mol. The van der Waals surface area contributed by atoms with Crippen molar-refractivity contribution in [1.29, 1.82) is 0 Å². The third-order valence-corrected chi connectivity index (χ3v) is 9.61. The summed E-state index contributed by atoms with van der Waals surface area (Å²) in [6.45, 7) is 5.09. The molecule has 15 heteroatoms. The van der Waals surface area contributed by atoms with Gasteiger partial charge in [-0.3, -0.25) is 23.5 Å². The minimum atomic E-state index is -0.384. The number of fused-ring (bicyclic) bond motifs is 2. The average molecular weight is 655 g/mol. The molecule has 14 nitrogen and oxygen atoms in total. The molecule has 2 saturated heterocycles. The summed E-state index contributed by atoms with van der Waals surface area (Å²) >= 11 is 1.87. The molecule has 1 aromatic carbocycles. The number of unbranched alkanes of at least 4 members (excludes halogenated alkanes) is 1. The van der Waals surface area contributed by atoms with Crippen molar-refractivity contribution in [1.82, 2.24) is 40.4 Å². The molecule has 2 aromatic heterocycles. The van der Waals surface area contributed by atoms with Crippen molar-refractivity contribution in [3.8, 4) is 17.1 Å². The van der Waals surface area contributed by atoms with Crippen LogP contribution < -0.4 is 37.3 Å². The van der Waals surface area contributed by atoms with Gasteiger partial charge in [0.15, 0.2) is 12.3 Å². The number of imidazole rings is 1. The molecule has 2 aliphatic heterocycles. The highest BCUT2D eigenvalue weighted by atomic mass is 32.2. The lowest BCUT2D eigenvalue weighted by Crippen LogP contribution is -2.40. The monoisotopic (exact) mass is 654 g/mol. The predicted molar refractivity (Wildman–Crippen MR) is 176 cm³/mol. The van der Waals surface area contributed by atoms with Gasteiger partial charge in [-0.15, -0.1) is 0 Å². The zero-order chi connectivity index (χ0) is 32.6. The Hall–Kier alpha value is -4.27. The fraction of sp³-hybridized carbons (Fsp3) is 0.548. The topological polar surface area (TPSA) is 181 Å². The van der Waals surface area contributed by atoms with Crippen LogP contribution in [-0.2, 0) is 22.7 Å². The van der Waals surface area contributed by atoms with E-state index in [1.54, 1.807) is 24.3 Å². The van der Waals surface area contributed by atoms with Crippen molar-refractivity contribution in [2.24, 2.45) is 0 Å². The normalized spacial score (nSPS) is 18.7. The maximum atomic E-state index is 13.0. The Morgan fingerprint density at radius 3 is 2.43 bits per heavy atom. The summed E-state index contributed by atoms with van der Waals surface area (Å²) in [5, 5.41) is 11.9. The third-order valence-electron chi connectivity index (χ3n) is 8.10. The smallest absolute Gasteiger partial charge is 0.332 e. The summed E-state index contributed by atoms with van der Waals surface area (Å²) < 4.78 is 8.39. The first-order chi connectivity index (χ1) is 22.3. The van der Waals surface area contributed by atoms with E-state index in [0.29, 0.717) is 66.0 Å². The molecule has 3 aromatic rings. The number of amides is 4. The summed E-state index contributed by atoms with van der Waals surface area (Å²) in [6, 6.07) is 7.24. The van der Waals surface area contributed by atoms with E-state index in [9.17, 15) is 24.0 Å². The Labute approximate surface area is 270 Å². The van der Waals surface area contributed by atoms with E-state index in [4.69, 9.17) is 4.74 Å². The molecule has 0 saturated carbocycles. The standard InChI is InChI=1S/C31H42N8O6S/c1-3-15-38-28-26(29(42)39(16-4-2)31(38)44)35-27(37-28)19-9-11-20(12-10-19)45-17-24(41)33-14-13-32-23(40)8-6-5-7-22-25-21(18-46-22)34-30(43)36-25/h9-12,21-22,25H,3-8,13-18H2,1-2H3,(H,32,40)(H,33,41)(H,35,37)(H2,34,36,43). The number of aromatic amines is 1. The van der Waals surface area contributed by atoms with Crippen LogP contribution in [0, 0.1) is 0 Å². The van der Waals surface area contributed by atoms with Crippen LogP contribution in [0.15, 0.2) is 33.9 Å². The minimum Gasteiger partial charge on any atom is -0.484 e. The molecule has 46 heavy (non-hydrogen) atoms. The first-order valence-corrected chi connectivity index (χ1v) is 17.0. The number of nitrogens with one attached hydrogen (secondary N) is 5. The van der Waals surface area contributed by atoms with Crippen molar-refractivity contribution in [3.63, 3.8) is 0 Å². The Morgan fingerprint density at radius 2 is 1.70 bits per heavy atom. The highest BCUT2D eigenvalue weighted by molar-refractivity contribution is 8.00. The molecule has 0 spiro atoms. The van der Waals surface area contributed by atoms with Crippen molar-refractivity contribution >= 4 is 40.8 Å². The summed E-state index contributed by atoms with van der Waals surface area (Å²) in [5.41, 5.74) is 0.590. The zero-order valence-corrected chi connectivity index (χ0v) is 27.0. The van der Waals surface area contributed by atoms with Gasteiger partial charge in [0.25, 0.3) is 11.5 Å². The van der Waals surface area contributed by atoms with Crippen LogP contribution in [0.3, 0.4) is 0 Å². The van der Waals surface area contributed by atoms with Gasteiger partial charge in [0, 0.05) is 49.2 Å².